The molecule has 0 bridgehead atoms. The van der Waals surface area contributed by atoms with Crippen LogP contribution in [0.3, 0.4) is 0 Å². The maximum absolute atomic E-state index is 13.4. The van der Waals surface area contributed by atoms with Crippen LogP contribution >= 0.6 is 0 Å². The van der Waals surface area contributed by atoms with E-state index in [1.54, 1.807) is 24.3 Å². The average Bonchev–Trinajstić information content (AvgIpc) is 2.88. The van der Waals surface area contributed by atoms with Crippen LogP contribution in [0.1, 0.15) is 82.3 Å². The molecule has 0 atom stereocenters. The van der Waals surface area contributed by atoms with E-state index in [4.69, 9.17) is 14.2 Å². The van der Waals surface area contributed by atoms with Gasteiger partial charge in [0.25, 0.3) is 5.91 Å². The van der Waals surface area contributed by atoms with E-state index < -0.39 is 17.5 Å². The third kappa shape index (κ3) is 7.26. The number of rotatable bonds is 10. The van der Waals surface area contributed by atoms with Crippen LogP contribution in [-0.4, -0.2) is 37.4 Å². The molecule has 8 nitrogen and oxygen atoms in total. The summed E-state index contributed by atoms with van der Waals surface area (Å²) in [6.45, 7) is 13.6. The first-order valence-corrected chi connectivity index (χ1v) is 13.3. The number of fused-ring (bicyclic) bond motifs is 1. The number of methoxy groups -OCH3 is 1. The van der Waals surface area contributed by atoms with Crippen LogP contribution in [0.15, 0.2) is 47.4 Å². The highest BCUT2D eigenvalue weighted by Gasteiger charge is 2.31. The normalized spacial score (nSPS) is 11.9. The van der Waals surface area contributed by atoms with E-state index in [0.29, 0.717) is 36.2 Å². The fraction of sp³-hybridized carbons (Fsp3) is 0.452. The number of para-hydroxylation sites is 1. The molecule has 1 amide bonds. The largest absolute Gasteiger partial charge is 0.513 e. The van der Waals surface area contributed by atoms with Gasteiger partial charge in [-0.1, -0.05) is 60.1 Å². The number of pyridine rings is 1. The van der Waals surface area contributed by atoms with Gasteiger partial charge in [-0.3, -0.25) is 9.59 Å². The average molecular weight is 537 g/mol. The fourth-order valence-corrected chi connectivity index (χ4v) is 4.38. The molecule has 0 saturated heterocycles. The van der Waals surface area contributed by atoms with Crippen LogP contribution in [0.5, 0.6) is 5.75 Å². The number of aromatic amines is 1. The summed E-state index contributed by atoms with van der Waals surface area (Å²) in [5, 5.41) is 3.32. The zero-order chi connectivity index (χ0) is 28.8. The number of unbranched alkanes of at least 4 members (excludes halogenated alkanes) is 1. The SMILES string of the molecule is CCCCOCCC(C)(C)c1cc(C(C)(C)C)c(NC(=O)c2c[nH]c3ccccc3c2=O)cc1OC(=O)OC. The summed E-state index contributed by atoms with van der Waals surface area (Å²) in [6, 6.07) is 10.6. The van der Waals surface area contributed by atoms with E-state index in [1.165, 1.54) is 13.3 Å². The number of H-pyrrole nitrogens is 1. The van der Waals surface area contributed by atoms with Crippen LogP contribution in [0.4, 0.5) is 10.5 Å². The highest BCUT2D eigenvalue weighted by molar-refractivity contribution is 6.06. The topological polar surface area (TPSA) is 107 Å². The van der Waals surface area contributed by atoms with Crippen LogP contribution in [0.25, 0.3) is 10.9 Å². The molecule has 0 fully saturated rings. The standard InChI is InChI=1S/C31H40N2O6/c1-8-9-15-38-16-14-31(5,6)23-17-22(30(2,3)4)25(18-26(23)39-29(36)37-7)33-28(35)21-19-32-24-13-11-10-12-20(24)27(21)34/h10-13,17-19H,8-9,14-16H2,1-7H3,(H,32,34)(H,33,35). The Morgan fingerprint density at radius 1 is 1.00 bits per heavy atom. The number of anilines is 1. The molecule has 0 saturated carbocycles. The molecule has 1 heterocycles. The summed E-state index contributed by atoms with van der Waals surface area (Å²) in [5.74, 6) is -0.288. The quantitative estimate of drug-likeness (QED) is 0.169. The number of benzene rings is 2. The van der Waals surface area contributed by atoms with Crippen molar-refractivity contribution in [1.29, 1.82) is 0 Å². The predicted octanol–water partition coefficient (Wildman–Crippen LogP) is 6.71. The van der Waals surface area contributed by atoms with Gasteiger partial charge in [-0.15, -0.1) is 0 Å². The third-order valence-electron chi connectivity index (χ3n) is 6.81. The summed E-state index contributed by atoms with van der Waals surface area (Å²) in [7, 11) is 1.24. The third-order valence-corrected chi connectivity index (χ3v) is 6.81. The lowest BCUT2D eigenvalue weighted by Gasteiger charge is -2.31. The van der Waals surface area contributed by atoms with Gasteiger partial charge in [-0.2, -0.15) is 0 Å². The van der Waals surface area contributed by atoms with Crippen molar-refractivity contribution in [1.82, 2.24) is 4.98 Å². The smallest absolute Gasteiger partial charge is 0.437 e. The summed E-state index contributed by atoms with van der Waals surface area (Å²) in [6.07, 6.45) is 3.31. The minimum absolute atomic E-state index is 0.0161. The molecular weight excluding hydrogens is 496 g/mol. The van der Waals surface area contributed by atoms with Gasteiger partial charge in [0.15, 0.2) is 0 Å². The van der Waals surface area contributed by atoms with Gasteiger partial charge in [0, 0.05) is 47.6 Å². The molecule has 2 aromatic carbocycles. The molecule has 3 aromatic rings. The first kappa shape index (κ1) is 29.9. The van der Waals surface area contributed by atoms with E-state index in [0.717, 1.165) is 24.0 Å². The molecule has 39 heavy (non-hydrogen) atoms. The van der Waals surface area contributed by atoms with Crippen LogP contribution in [-0.2, 0) is 20.3 Å². The Labute approximate surface area is 230 Å². The summed E-state index contributed by atoms with van der Waals surface area (Å²) in [4.78, 5) is 41.7. The number of hydrogen-bond acceptors (Lipinski definition) is 6. The van der Waals surface area contributed by atoms with Gasteiger partial charge >= 0.3 is 6.16 Å². The predicted molar refractivity (Wildman–Crippen MR) is 154 cm³/mol. The molecule has 0 radical (unpaired) electrons. The molecule has 0 aliphatic carbocycles. The Balaban J connectivity index is 2.05. The molecule has 0 spiro atoms. The lowest BCUT2D eigenvalue weighted by molar-refractivity contribution is 0.102. The summed E-state index contributed by atoms with van der Waals surface area (Å²) >= 11 is 0. The van der Waals surface area contributed by atoms with Crippen LogP contribution in [0.2, 0.25) is 0 Å². The second kappa shape index (κ2) is 12.5. The Kier molecular flexibility index (Phi) is 9.56. The zero-order valence-electron chi connectivity index (χ0n) is 24.0. The minimum Gasteiger partial charge on any atom is -0.437 e. The lowest BCUT2D eigenvalue weighted by Crippen LogP contribution is -2.27. The Hall–Kier alpha value is -3.65. The van der Waals surface area contributed by atoms with Gasteiger partial charge in [0.05, 0.1) is 7.11 Å². The molecule has 0 aliphatic rings. The van der Waals surface area contributed by atoms with Crippen molar-refractivity contribution in [3.05, 3.63) is 69.5 Å². The Bertz CT molecular complexity index is 1380. The number of ether oxygens (including phenoxy) is 3. The first-order chi connectivity index (χ1) is 18.4. The number of nitrogens with one attached hydrogen (secondary N) is 2. The van der Waals surface area contributed by atoms with E-state index in [9.17, 15) is 14.4 Å². The van der Waals surface area contributed by atoms with Crippen LogP contribution in [0, 0.1) is 0 Å². The van der Waals surface area contributed by atoms with E-state index in [2.05, 4.69) is 31.1 Å². The van der Waals surface area contributed by atoms with Gasteiger partial charge in [-0.25, -0.2) is 4.79 Å². The fourth-order valence-electron chi connectivity index (χ4n) is 4.38. The number of carbonyl (C=O) groups excluding carboxylic acids is 2. The van der Waals surface area contributed by atoms with Crippen molar-refractivity contribution in [3.63, 3.8) is 0 Å². The molecule has 2 N–H and O–H groups in total. The molecule has 0 unspecified atom stereocenters. The van der Waals surface area contributed by atoms with E-state index in [1.807, 2.05) is 32.9 Å². The molecule has 1 aromatic heterocycles. The van der Waals surface area contributed by atoms with E-state index >= 15 is 0 Å². The van der Waals surface area contributed by atoms with Crippen LogP contribution < -0.4 is 15.5 Å². The Morgan fingerprint density at radius 2 is 1.72 bits per heavy atom. The molecule has 0 aliphatic heterocycles. The highest BCUT2D eigenvalue weighted by atomic mass is 16.7. The highest BCUT2D eigenvalue weighted by Crippen LogP contribution is 2.42. The summed E-state index contributed by atoms with van der Waals surface area (Å²) < 4.78 is 16.2. The zero-order valence-corrected chi connectivity index (χ0v) is 24.0. The Morgan fingerprint density at radius 3 is 2.38 bits per heavy atom. The van der Waals surface area contributed by atoms with Gasteiger partial charge in [0.1, 0.15) is 11.3 Å². The monoisotopic (exact) mass is 536 g/mol. The van der Waals surface area contributed by atoms with Crippen molar-refractivity contribution >= 4 is 28.7 Å². The van der Waals surface area contributed by atoms with E-state index in [-0.39, 0.29) is 22.2 Å². The summed E-state index contributed by atoms with van der Waals surface area (Å²) in [5.41, 5.74) is 1.52. The van der Waals surface area contributed by atoms with Gasteiger partial charge in [0.2, 0.25) is 5.43 Å². The molecular formula is C31H40N2O6. The second-order valence-electron chi connectivity index (χ2n) is 11.3. The number of hydrogen-bond donors (Lipinski definition) is 2. The first-order valence-electron chi connectivity index (χ1n) is 13.3. The second-order valence-corrected chi connectivity index (χ2v) is 11.3. The maximum atomic E-state index is 13.4. The van der Waals surface area contributed by atoms with Crippen molar-refractivity contribution in [3.8, 4) is 5.75 Å². The molecule has 210 valence electrons. The maximum Gasteiger partial charge on any atom is 0.513 e. The number of amides is 1. The number of carbonyl (C=O) groups is 2. The lowest BCUT2D eigenvalue weighted by atomic mass is 9.77. The number of aromatic nitrogens is 1. The van der Waals surface area contributed by atoms with Gasteiger partial charge < -0.3 is 24.5 Å². The minimum atomic E-state index is -0.863. The van der Waals surface area contributed by atoms with Gasteiger partial charge in [-0.05, 0) is 47.4 Å². The van der Waals surface area contributed by atoms with Crippen molar-refractivity contribution < 1.29 is 23.8 Å². The van der Waals surface area contributed by atoms with Crippen molar-refractivity contribution in [2.75, 3.05) is 25.6 Å². The van der Waals surface area contributed by atoms with Crippen molar-refractivity contribution in [2.24, 2.45) is 0 Å². The van der Waals surface area contributed by atoms with Crippen molar-refractivity contribution in [2.45, 2.75) is 71.6 Å². The molecule has 8 heteroatoms. The molecule has 3 rings (SSSR count).